The molecular weight excluding hydrogens is 414 g/mol. The van der Waals surface area contributed by atoms with E-state index in [1.54, 1.807) is 18.2 Å². The van der Waals surface area contributed by atoms with Gasteiger partial charge in [0.05, 0.1) is 30.1 Å². The third-order valence-corrected chi connectivity index (χ3v) is 6.70. The van der Waals surface area contributed by atoms with Gasteiger partial charge in [-0.15, -0.1) is 0 Å². The van der Waals surface area contributed by atoms with E-state index in [-0.39, 0.29) is 11.6 Å². The van der Waals surface area contributed by atoms with Crippen molar-refractivity contribution < 1.29 is 9.53 Å². The molecular formula is C27H33N3O3. The average Bonchev–Trinajstić information content (AvgIpc) is 2.84. The third kappa shape index (κ3) is 5.33. The Hall–Kier alpha value is -2.99. The lowest BCUT2D eigenvalue weighted by atomic mass is 9.83. The van der Waals surface area contributed by atoms with Gasteiger partial charge in [0.25, 0.3) is 5.56 Å². The van der Waals surface area contributed by atoms with Crippen molar-refractivity contribution in [2.45, 2.75) is 64.5 Å². The van der Waals surface area contributed by atoms with Crippen LogP contribution >= 0.6 is 0 Å². The Morgan fingerprint density at radius 3 is 2.52 bits per heavy atom. The Balaban J connectivity index is 1.51. The third-order valence-electron chi connectivity index (χ3n) is 6.70. The molecule has 1 saturated carbocycles. The molecule has 0 saturated heterocycles. The number of carbonyl (C=O) groups is 1. The summed E-state index contributed by atoms with van der Waals surface area (Å²) < 4.78 is 4.78. The van der Waals surface area contributed by atoms with Gasteiger partial charge in [0, 0.05) is 6.04 Å². The van der Waals surface area contributed by atoms with Crippen LogP contribution in [0.25, 0.3) is 10.9 Å². The summed E-state index contributed by atoms with van der Waals surface area (Å²) in [5, 5.41) is 4.02. The molecule has 6 heteroatoms. The van der Waals surface area contributed by atoms with Crippen LogP contribution in [-0.4, -0.2) is 23.0 Å². The molecule has 6 nitrogen and oxygen atoms in total. The van der Waals surface area contributed by atoms with Crippen molar-refractivity contribution in [2.24, 2.45) is 5.92 Å². The van der Waals surface area contributed by atoms with Gasteiger partial charge in [0.2, 0.25) is 0 Å². The van der Waals surface area contributed by atoms with Crippen molar-refractivity contribution in [2.75, 3.05) is 7.11 Å². The maximum atomic E-state index is 12.5. The molecule has 0 amide bonds. The molecule has 1 fully saturated rings. The number of aromatic amines is 1. The highest BCUT2D eigenvalue weighted by Gasteiger charge is 2.19. The molecule has 174 valence electrons. The molecule has 1 aromatic heterocycles. The summed E-state index contributed by atoms with van der Waals surface area (Å²) in [6, 6.07) is 14.0. The van der Waals surface area contributed by atoms with Crippen molar-refractivity contribution in [3.8, 4) is 0 Å². The van der Waals surface area contributed by atoms with E-state index in [0.717, 1.165) is 0 Å². The van der Waals surface area contributed by atoms with Crippen LogP contribution in [0.1, 0.15) is 85.2 Å². The first-order valence-corrected chi connectivity index (χ1v) is 11.9. The van der Waals surface area contributed by atoms with Gasteiger partial charge in [-0.05, 0) is 54.0 Å². The van der Waals surface area contributed by atoms with E-state index < -0.39 is 5.97 Å². The minimum absolute atomic E-state index is 0.132. The quantitative estimate of drug-likeness (QED) is 0.484. The minimum atomic E-state index is -0.449. The Labute approximate surface area is 194 Å². The van der Waals surface area contributed by atoms with Gasteiger partial charge < -0.3 is 15.0 Å². The highest BCUT2D eigenvalue weighted by molar-refractivity contribution is 5.93. The predicted octanol–water partition coefficient (Wildman–Crippen LogP) is 5.24. The highest BCUT2D eigenvalue weighted by atomic mass is 16.5. The maximum Gasteiger partial charge on any atom is 0.337 e. The van der Waals surface area contributed by atoms with Crippen LogP contribution in [0.5, 0.6) is 0 Å². The lowest BCUT2D eigenvalue weighted by Crippen LogP contribution is -2.27. The fourth-order valence-electron chi connectivity index (χ4n) is 4.87. The fraction of sp³-hybridized carbons (Fsp3) is 0.444. The molecule has 33 heavy (non-hydrogen) atoms. The second kappa shape index (κ2) is 10.3. The molecule has 2 aromatic carbocycles. The Morgan fingerprint density at radius 1 is 1.12 bits per heavy atom. The lowest BCUT2D eigenvalue weighted by Gasteiger charge is -2.25. The van der Waals surface area contributed by atoms with Crippen LogP contribution in [0, 0.1) is 5.92 Å². The smallest absolute Gasteiger partial charge is 0.337 e. The van der Waals surface area contributed by atoms with E-state index in [1.807, 2.05) is 0 Å². The number of nitrogens with one attached hydrogen (secondary N) is 2. The number of H-pyrrole nitrogens is 1. The standard InChI is InChI=1S/C27H33N3O3/c1-17(2)25(20-11-9-19(10-12-20)18-7-5-4-6-8-18)28-16-24-29-23-15-21(27(32)33-3)13-14-22(23)26(31)30-24/h9-15,17-18,25,28H,4-8,16H2,1-3H3,(H,29,30,31). The van der Waals surface area contributed by atoms with E-state index in [0.29, 0.717) is 40.7 Å². The Kier molecular flexibility index (Phi) is 7.23. The molecule has 1 unspecified atom stereocenters. The number of hydrogen-bond donors (Lipinski definition) is 2. The molecule has 1 atom stereocenters. The number of benzene rings is 2. The number of aromatic nitrogens is 2. The second-order valence-corrected chi connectivity index (χ2v) is 9.34. The topological polar surface area (TPSA) is 84.1 Å². The van der Waals surface area contributed by atoms with Gasteiger partial charge in [-0.3, -0.25) is 4.79 Å². The SMILES string of the molecule is COC(=O)c1ccc2c(=O)[nH]c(CNC(c3ccc(C4CCCCC4)cc3)C(C)C)nc2c1. The summed E-state index contributed by atoms with van der Waals surface area (Å²) in [4.78, 5) is 31.9. The number of fused-ring (bicyclic) bond motifs is 1. The summed E-state index contributed by atoms with van der Waals surface area (Å²) >= 11 is 0. The van der Waals surface area contributed by atoms with E-state index in [4.69, 9.17) is 4.74 Å². The number of hydrogen-bond acceptors (Lipinski definition) is 5. The molecule has 1 aliphatic rings. The average molecular weight is 448 g/mol. The zero-order valence-corrected chi connectivity index (χ0v) is 19.7. The number of carbonyl (C=O) groups excluding carboxylic acids is 1. The van der Waals surface area contributed by atoms with E-state index in [1.165, 1.54) is 50.3 Å². The van der Waals surface area contributed by atoms with Crippen molar-refractivity contribution >= 4 is 16.9 Å². The molecule has 0 bridgehead atoms. The molecule has 1 heterocycles. The second-order valence-electron chi connectivity index (χ2n) is 9.34. The first kappa shape index (κ1) is 23.2. The van der Waals surface area contributed by atoms with E-state index in [2.05, 4.69) is 53.4 Å². The van der Waals surface area contributed by atoms with Crippen LogP contribution in [0.2, 0.25) is 0 Å². The minimum Gasteiger partial charge on any atom is -0.465 e. The zero-order chi connectivity index (χ0) is 23.4. The van der Waals surface area contributed by atoms with E-state index >= 15 is 0 Å². The van der Waals surface area contributed by atoms with Crippen LogP contribution in [0.3, 0.4) is 0 Å². The zero-order valence-electron chi connectivity index (χ0n) is 19.7. The molecule has 0 aliphatic heterocycles. The summed E-state index contributed by atoms with van der Waals surface area (Å²) in [7, 11) is 1.33. The Morgan fingerprint density at radius 2 is 1.85 bits per heavy atom. The lowest BCUT2D eigenvalue weighted by molar-refractivity contribution is 0.0601. The molecule has 1 aliphatic carbocycles. The molecule has 0 radical (unpaired) electrons. The van der Waals surface area contributed by atoms with Crippen LogP contribution in [0.4, 0.5) is 0 Å². The monoisotopic (exact) mass is 447 g/mol. The summed E-state index contributed by atoms with van der Waals surface area (Å²) in [6.45, 7) is 4.79. The van der Waals surface area contributed by atoms with E-state index in [9.17, 15) is 9.59 Å². The van der Waals surface area contributed by atoms with Gasteiger partial charge in [0.15, 0.2) is 0 Å². The van der Waals surface area contributed by atoms with Gasteiger partial charge in [-0.25, -0.2) is 9.78 Å². The number of methoxy groups -OCH3 is 1. The highest BCUT2D eigenvalue weighted by Crippen LogP contribution is 2.33. The summed E-state index contributed by atoms with van der Waals surface area (Å²) in [5.41, 5.74) is 3.33. The first-order chi connectivity index (χ1) is 16.0. The van der Waals surface area contributed by atoms with Crippen molar-refractivity contribution in [1.29, 1.82) is 0 Å². The largest absolute Gasteiger partial charge is 0.465 e. The molecule has 2 N–H and O–H groups in total. The number of nitrogens with zero attached hydrogens (tertiary/aromatic N) is 1. The number of ether oxygens (including phenoxy) is 1. The van der Waals surface area contributed by atoms with Gasteiger partial charge in [-0.2, -0.15) is 0 Å². The number of esters is 1. The van der Waals surface area contributed by atoms with Crippen molar-refractivity contribution in [1.82, 2.24) is 15.3 Å². The van der Waals surface area contributed by atoms with Gasteiger partial charge in [0.1, 0.15) is 5.82 Å². The van der Waals surface area contributed by atoms with Crippen LogP contribution < -0.4 is 10.9 Å². The summed E-state index contributed by atoms with van der Waals surface area (Å²) in [5.74, 6) is 1.15. The van der Waals surface area contributed by atoms with Crippen molar-refractivity contribution in [3.05, 3.63) is 75.3 Å². The van der Waals surface area contributed by atoms with Gasteiger partial charge >= 0.3 is 5.97 Å². The number of rotatable bonds is 7. The summed E-state index contributed by atoms with van der Waals surface area (Å²) in [6.07, 6.45) is 6.62. The first-order valence-electron chi connectivity index (χ1n) is 11.9. The Bertz CT molecular complexity index is 1160. The molecule has 4 rings (SSSR count). The maximum absolute atomic E-state index is 12.5. The van der Waals surface area contributed by atoms with Crippen LogP contribution in [-0.2, 0) is 11.3 Å². The normalized spacial score (nSPS) is 15.6. The fourth-order valence-corrected chi connectivity index (χ4v) is 4.87. The van der Waals surface area contributed by atoms with Crippen molar-refractivity contribution in [3.63, 3.8) is 0 Å². The van der Waals surface area contributed by atoms with Gasteiger partial charge in [-0.1, -0.05) is 57.4 Å². The predicted molar refractivity (Wildman–Crippen MR) is 130 cm³/mol. The molecule has 3 aromatic rings. The molecule has 0 spiro atoms. The van der Waals surface area contributed by atoms with Crippen LogP contribution in [0.15, 0.2) is 47.3 Å².